The first kappa shape index (κ1) is 21.2. The van der Waals surface area contributed by atoms with Crippen LogP contribution in [0.5, 0.6) is 0 Å². The third kappa shape index (κ3) is 4.51. The van der Waals surface area contributed by atoms with Crippen molar-refractivity contribution in [3.63, 3.8) is 0 Å². The molecule has 0 saturated carbocycles. The Hall–Kier alpha value is -3.06. The highest BCUT2D eigenvalue weighted by Gasteiger charge is 2.33. The van der Waals surface area contributed by atoms with Crippen LogP contribution in [-0.2, 0) is 0 Å². The molecular weight excluding hydrogens is 411 g/mol. The molecule has 0 saturated heterocycles. The minimum Gasteiger partial charge on any atom is -0.351 e. The third-order valence-corrected chi connectivity index (χ3v) is 5.76. The Bertz CT molecular complexity index is 1090. The fraction of sp³-hybridized carbons (Fsp3) is 0.292. The van der Waals surface area contributed by atoms with Gasteiger partial charge in [-0.15, -0.1) is 0 Å². The van der Waals surface area contributed by atoms with Crippen molar-refractivity contribution in [1.82, 2.24) is 20.4 Å². The fourth-order valence-electron chi connectivity index (χ4n) is 3.66. The summed E-state index contributed by atoms with van der Waals surface area (Å²) in [5.41, 5.74) is 3.64. The predicted octanol–water partition coefficient (Wildman–Crippen LogP) is 5.58. The molecule has 4 rings (SSSR count). The van der Waals surface area contributed by atoms with Crippen LogP contribution in [0, 0.1) is 11.7 Å². The summed E-state index contributed by atoms with van der Waals surface area (Å²) in [4.78, 5) is 6.75. The smallest absolute Gasteiger partial charge is 0.258 e. The lowest BCUT2D eigenvalue weighted by Crippen LogP contribution is -2.46. The second kappa shape index (κ2) is 8.98. The van der Waals surface area contributed by atoms with Crippen LogP contribution in [-0.4, -0.2) is 26.7 Å². The van der Waals surface area contributed by atoms with Gasteiger partial charge in [-0.2, -0.15) is 4.98 Å². The summed E-state index contributed by atoms with van der Waals surface area (Å²) in [6.07, 6.45) is 1.01. The average molecular weight is 437 g/mol. The van der Waals surface area contributed by atoms with E-state index in [1.165, 1.54) is 12.1 Å². The Morgan fingerprint density at radius 3 is 2.52 bits per heavy atom. The standard InChI is InChI=1S/C24H25FN4OS/c1-15(2)13-14-29-16(3)20(21(26-24(29)31)17-7-5-4-6-8-17)23-27-22(28-30-23)18-9-11-19(25)12-10-18/h4-12,15,21H,13-14H2,1-3H3,(H,26,31). The van der Waals surface area contributed by atoms with Gasteiger partial charge in [-0.1, -0.05) is 49.3 Å². The summed E-state index contributed by atoms with van der Waals surface area (Å²) >= 11 is 5.71. The van der Waals surface area contributed by atoms with Gasteiger partial charge in [0.15, 0.2) is 5.11 Å². The van der Waals surface area contributed by atoms with Crippen molar-refractivity contribution in [3.05, 3.63) is 77.6 Å². The number of aromatic nitrogens is 2. The Morgan fingerprint density at radius 1 is 1.13 bits per heavy atom. The lowest BCUT2D eigenvalue weighted by molar-refractivity contribution is 0.390. The van der Waals surface area contributed by atoms with Crippen molar-refractivity contribution in [1.29, 1.82) is 0 Å². The number of hydrogen-bond donors (Lipinski definition) is 1. The second-order valence-electron chi connectivity index (χ2n) is 8.06. The van der Waals surface area contributed by atoms with Gasteiger partial charge in [0.2, 0.25) is 5.82 Å². The summed E-state index contributed by atoms with van der Waals surface area (Å²) in [6.45, 7) is 7.24. The molecule has 3 aromatic rings. The van der Waals surface area contributed by atoms with E-state index in [4.69, 9.17) is 16.7 Å². The van der Waals surface area contributed by atoms with Crippen LogP contribution in [0.15, 0.2) is 64.8 Å². The molecule has 7 heteroatoms. The van der Waals surface area contributed by atoms with Gasteiger partial charge in [0.05, 0.1) is 11.6 Å². The first-order chi connectivity index (χ1) is 14.9. The molecule has 1 aromatic heterocycles. The van der Waals surface area contributed by atoms with Gasteiger partial charge in [0.25, 0.3) is 5.89 Å². The Kier molecular flexibility index (Phi) is 6.13. The van der Waals surface area contributed by atoms with Gasteiger partial charge in [-0.3, -0.25) is 0 Å². The van der Waals surface area contributed by atoms with E-state index < -0.39 is 0 Å². The molecule has 1 atom stereocenters. The molecule has 5 nitrogen and oxygen atoms in total. The van der Waals surface area contributed by atoms with E-state index in [1.54, 1.807) is 12.1 Å². The first-order valence-electron chi connectivity index (χ1n) is 10.4. The molecule has 0 amide bonds. The van der Waals surface area contributed by atoms with Gasteiger partial charge in [0.1, 0.15) is 5.82 Å². The molecule has 2 heterocycles. The van der Waals surface area contributed by atoms with Gasteiger partial charge in [-0.05, 0) is 61.3 Å². The van der Waals surface area contributed by atoms with Crippen molar-refractivity contribution >= 4 is 22.9 Å². The number of nitrogens with one attached hydrogen (secondary N) is 1. The molecule has 2 aromatic carbocycles. The highest BCUT2D eigenvalue weighted by atomic mass is 32.1. The molecule has 31 heavy (non-hydrogen) atoms. The Balaban J connectivity index is 1.77. The maximum absolute atomic E-state index is 13.3. The van der Waals surface area contributed by atoms with Crippen LogP contribution in [0.2, 0.25) is 0 Å². The van der Waals surface area contributed by atoms with Crippen molar-refractivity contribution in [2.45, 2.75) is 33.2 Å². The SMILES string of the molecule is CC1=C(c2nc(-c3ccc(F)cc3)no2)C(c2ccccc2)NC(=S)N1CCC(C)C. The van der Waals surface area contributed by atoms with E-state index in [0.717, 1.165) is 29.8 Å². The minimum absolute atomic E-state index is 0.203. The maximum atomic E-state index is 13.3. The molecule has 1 N–H and O–H groups in total. The summed E-state index contributed by atoms with van der Waals surface area (Å²) < 4.78 is 19.0. The number of benzene rings is 2. The second-order valence-corrected chi connectivity index (χ2v) is 8.44. The topological polar surface area (TPSA) is 54.2 Å². The molecule has 0 radical (unpaired) electrons. The van der Waals surface area contributed by atoms with Crippen LogP contribution in [0.3, 0.4) is 0 Å². The highest BCUT2D eigenvalue weighted by Crippen LogP contribution is 2.37. The van der Waals surface area contributed by atoms with Crippen molar-refractivity contribution < 1.29 is 8.91 Å². The Morgan fingerprint density at radius 2 is 1.84 bits per heavy atom. The number of allylic oxidation sites excluding steroid dienone is 1. The first-order valence-corrected chi connectivity index (χ1v) is 10.8. The number of halogens is 1. The van der Waals surface area contributed by atoms with Crippen LogP contribution >= 0.6 is 12.2 Å². The molecule has 0 bridgehead atoms. The molecule has 1 aliphatic rings. The number of rotatable bonds is 6. The number of nitrogens with zero attached hydrogens (tertiary/aromatic N) is 3. The van der Waals surface area contributed by atoms with Crippen LogP contribution in [0.1, 0.15) is 44.7 Å². The lowest BCUT2D eigenvalue weighted by Gasteiger charge is -2.37. The zero-order valence-electron chi connectivity index (χ0n) is 17.8. The van der Waals surface area contributed by atoms with Gasteiger partial charge < -0.3 is 14.7 Å². The summed E-state index contributed by atoms with van der Waals surface area (Å²) in [5.74, 6) is 1.10. The molecule has 160 valence electrons. The molecule has 0 aliphatic carbocycles. The third-order valence-electron chi connectivity index (χ3n) is 5.42. The zero-order valence-corrected chi connectivity index (χ0v) is 18.6. The molecular formula is C24H25FN4OS. The van der Waals surface area contributed by atoms with Crippen molar-refractivity contribution in [2.75, 3.05) is 6.54 Å². The van der Waals surface area contributed by atoms with Gasteiger partial charge in [-0.25, -0.2) is 4.39 Å². The quantitative estimate of drug-likeness (QED) is 0.509. The largest absolute Gasteiger partial charge is 0.351 e. The zero-order chi connectivity index (χ0) is 22.0. The van der Waals surface area contributed by atoms with Crippen LogP contribution < -0.4 is 5.32 Å². The van der Waals surface area contributed by atoms with Crippen LogP contribution in [0.25, 0.3) is 17.0 Å². The van der Waals surface area contributed by atoms with Crippen LogP contribution in [0.4, 0.5) is 4.39 Å². The fourth-order valence-corrected chi connectivity index (χ4v) is 4.01. The van der Waals surface area contributed by atoms with E-state index in [0.29, 0.717) is 28.3 Å². The van der Waals surface area contributed by atoms with E-state index in [-0.39, 0.29) is 11.9 Å². The summed E-state index contributed by atoms with van der Waals surface area (Å²) in [5, 5.41) is 8.30. The molecule has 1 aliphatic heterocycles. The average Bonchev–Trinajstić information content (AvgIpc) is 3.23. The Labute approximate surface area is 187 Å². The summed E-state index contributed by atoms with van der Waals surface area (Å²) in [6, 6.07) is 15.9. The molecule has 0 fully saturated rings. The van der Waals surface area contributed by atoms with Crippen molar-refractivity contribution in [3.8, 4) is 11.4 Å². The highest BCUT2D eigenvalue weighted by molar-refractivity contribution is 7.80. The van der Waals surface area contributed by atoms with E-state index in [2.05, 4.69) is 46.3 Å². The monoisotopic (exact) mass is 436 g/mol. The van der Waals surface area contributed by atoms with E-state index in [9.17, 15) is 4.39 Å². The van der Waals surface area contributed by atoms with Crippen molar-refractivity contribution in [2.24, 2.45) is 5.92 Å². The van der Waals surface area contributed by atoms with Gasteiger partial charge >= 0.3 is 0 Å². The number of hydrogen-bond acceptors (Lipinski definition) is 4. The normalized spacial score (nSPS) is 16.7. The lowest BCUT2D eigenvalue weighted by atomic mass is 9.94. The summed E-state index contributed by atoms with van der Waals surface area (Å²) in [7, 11) is 0. The minimum atomic E-state index is -0.305. The van der Waals surface area contributed by atoms with Gasteiger partial charge in [0, 0.05) is 17.8 Å². The maximum Gasteiger partial charge on any atom is 0.258 e. The van der Waals surface area contributed by atoms with E-state index >= 15 is 0 Å². The molecule has 0 spiro atoms. The predicted molar refractivity (Wildman–Crippen MR) is 123 cm³/mol. The van der Waals surface area contributed by atoms with E-state index in [1.807, 2.05) is 25.1 Å². The molecule has 1 unspecified atom stereocenters. The number of thiocarbonyl (C=S) groups is 1.